The van der Waals surface area contributed by atoms with Crippen LogP contribution in [-0.4, -0.2) is 12.5 Å². The number of benzene rings is 2. The largest absolute Gasteiger partial charge is 0.481 e. The normalized spacial score (nSPS) is 12.0. The second-order valence-corrected chi connectivity index (χ2v) is 6.87. The van der Waals surface area contributed by atoms with Gasteiger partial charge in [0, 0.05) is 12.6 Å². The molecule has 2 aromatic rings. The number of carbonyl (C=O) groups excluding carboxylic acids is 1. The molecule has 0 unspecified atom stereocenters. The molecule has 1 atom stereocenters. The molecule has 0 heterocycles. The average molecular weight is 442 g/mol. The van der Waals surface area contributed by atoms with Gasteiger partial charge in [-0.25, -0.2) is 0 Å². The molecule has 0 fully saturated rings. The monoisotopic (exact) mass is 440 g/mol. The molecule has 0 spiro atoms. The molecular formula is C17H18Br2N2O2. The number of hydrogen-bond acceptors (Lipinski definition) is 3. The number of carbonyl (C=O) groups is 1. The highest BCUT2D eigenvalue weighted by molar-refractivity contribution is 9.11. The molecule has 0 saturated heterocycles. The lowest BCUT2D eigenvalue weighted by Crippen LogP contribution is -2.20. The molecule has 0 aliphatic carbocycles. The zero-order valence-electron chi connectivity index (χ0n) is 12.7. The summed E-state index contributed by atoms with van der Waals surface area (Å²) in [6, 6.07) is 14.5. The van der Waals surface area contributed by atoms with Gasteiger partial charge in [0.05, 0.1) is 8.95 Å². The third-order valence-corrected chi connectivity index (χ3v) is 4.51. The lowest BCUT2D eigenvalue weighted by atomic mass is 10.1. The third kappa shape index (κ3) is 5.34. The Kier molecular flexibility index (Phi) is 6.62. The first-order chi connectivity index (χ1) is 11.0. The van der Waals surface area contributed by atoms with Crippen LogP contribution >= 0.6 is 31.9 Å². The predicted octanol–water partition coefficient (Wildman–Crippen LogP) is 3.93. The minimum Gasteiger partial charge on any atom is -0.481 e. The molecule has 0 aliphatic rings. The lowest BCUT2D eigenvalue weighted by molar-refractivity contribution is -0.119. The first kappa shape index (κ1) is 18.0. The fourth-order valence-electron chi connectivity index (χ4n) is 2.13. The number of nitrogens with two attached hydrogens (primary N) is 1. The molecule has 0 bridgehead atoms. The maximum Gasteiger partial charge on any atom is 0.255 e. The SMILES string of the molecule is C[C@H](NCc1cc(Br)c(OCC(N)=O)c(Br)c1)c1ccccc1. The summed E-state index contributed by atoms with van der Waals surface area (Å²) in [5.41, 5.74) is 7.44. The molecule has 1 amide bonds. The minimum absolute atomic E-state index is 0.153. The summed E-state index contributed by atoms with van der Waals surface area (Å²) in [6.45, 7) is 2.69. The van der Waals surface area contributed by atoms with Gasteiger partial charge in [0.1, 0.15) is 5.75 Å². The zero-order chi connectivity index (χ0) is 16.8. The summed E-state index contributed by atoms with van der Waals surface area (Å²) in [4.78, 5) is 10.8. The van der Waals surface area contributed by atoms with Crippen molar-refractivity contribution in [1.82, 2.24) is 5.32 Å². The summed E-state index contributed by atoms with van der Waals surface area (Å²) in [7, 11) is 0. The van der Waals surface area contributed by atoms with E-state index < -0.39 is 5.91 Å². The van der Waals surface area contributed by atoms with Gasteiger partial charge in [-0.1, -0.05) is 30.3 Å². The van der Waals surface area contributed by atoms with E-state index >= 15 is 0 Å². The van der Waals surface area contributed by atoms with Crippen molar-refractivity contribution < 1.29 is 9.53 Å². The van der Waals surface area contributed by atoms with E-state index in [0.717, 1.165) is 14.5 Å². The maximum atomic E-state index is 10.8. The number of amides is 1. The van der Waals surface area contributed by atoms with Crippen molar-refractivity contribution in [1.29, 1.82) is 0 Å². The van der Waals surface area contributed by atoms with Gasteiger partial charge in [-0.2, -0.15) is 0 Å². The molecule has 6 heteroatoms. The summed E-state index contributed by atoms with van der Waals surface area (Å²) in [6.07, 6.45) is 0. The number of halogens is 2. The van der Waals surface area contributed by atoms with E-state index in [4.69, 9.17) is 10.5 Å². The van der Waals surface area contributed by atoms with E-state index in [1.165, 1.54) is 5.56 Å². The van der Waals surface area contributed by atoms with E-state index in [2.05, 4.69) is 56.2 Å². The van der Waals surface area contributed by atoms with Crippen molar-refractivity contribution in [2.24, 2.45) is 5.73 Å². The number of hydrogen-bond donors (Lipinski definition) is 2. The number of ether oxygens (including phenoxy) is 1. The first-order valence-electron chi connectivity index (χ1n) is 7.14. The van der Waals surface area contributed by atoms with Crippen LogP contribution < -0.4 is 15.8 Å². The van der Waals surface area contributed by atoms with Gasteiger partial charge in [-0.3, -0.25) is 4.79 Å². The Bertz CT molecular complexity index is 655. The zero-order valence-corrected chi connectivity index (χ0v) is 15.9. The Morgan fingerprint density at radius 3 is 2.39 bits per heavy atom. The van der Waals surface area contributed by atoms with Crippen LogP contribution in [0.4, 0.5) is 0 Å². The van der Waals surface area contributed by atoms with Gasteiger partial charge in [-0.05, 0) is 62.0 Å². The van der Waals surface area contributed by atoms with E-state index in [1.807, 2.05) is 30.3 Å². The van der Waals surface area contributed by atoms with Crippen LogP contribution in [0.3, 0.4) is 0 Å². The van der Waals surface area contributed by atoms with E-state index in [-0.39, 0.29) is 12.6 Å². The number of primary amides is 1. The van der Waals surface area contributed by atoms with Crippen LogP contribution in [0.2, 0.25) is 0 Å². The van der Waals surface area contributed by atoms with Crippen molar-refractivity contribution in [2.45, 2.75) is 19.5 Å². The summed E-state index contributed by atoms with van der Waals surface area (Å²) in [5, 5.41) is 3.48. The summed E-state index contributed by atoms with van der Waals surface area (Å²) >= 11 is 6.93. The molecule has 122 valence electrons. The lowest BCUT2D eigenvalue weighted by Gasteiger charge is -2.16. The van der Waals surface area contributed by atoms with E-state index in [1.54, 1.807) is 0 Å². The molecule has 2 aromatic carbocycles. The maximum absolute atomic E-state index is 10.8. The van der Waals surface area contributed by atoms with Gasteiger partial charge in [0.15, 0.2) is 6.61 Å². The van der Waals surface area contributed by atoms with Crippen LogP contribution in [0.25, 0.3) is 0 Å². The summed E-state index contributed by atoms with van der Waals surface area (Å²) < 4.78 is 6.94. The van der Waals surface area contributed by atoms with Crippen molar-refractivity contribution in [3.8, 4) is 5.75 Å². The van der Waals surface area contributed by atoms with Crippen LogP contribution in [0, 0.1) is 0 Å². The van der Waals surface area contributed by atoms with Crippen LogP contribution in [0.1, 0.15) is 24.1 Å². The van der Waals surface area contributed by atoms with Gasteiger partial charge in [-0.15, -0.1) is 0 Å². The fraction of sp³-hybridized carbons (Fsp3) is 0.235. The first-order valence-corrected chi connectivity index (χ1v) is 8.73. The number of rotatable bonds is 7. The molecular weight excluding hydrogens is 424 g/mol. The van der Waals surface area contributed by atoms with Crippen LogP contribution in [-0.2, 0) is 11.3 Å². The van der Waals surface area contributed by atoms with E-state index in [0.29, 0.717) is 12.3 Å². The van der Waals surface area contributed by atoms with Gasteiger partial charge >= 0.3 is 0 Å². The molecule has 2 rings (SSSR count). The second kappa shape index (κ2) is 8.47. The fourth-order valence-corrected chi connectivity index (χ4v) is 3.64. The molecule has 23 heavy (non-hydrogen) atoms. The smallest absolute Gasteiger partial charge is 0.255 e. The van der Waals surface area contributed by atoms with Crippen molar-refractivity contribution >= 4 is 37.8 Å². The van der Waals surface area contributed by atoms with Gasteiger partial charge in [0.2, 0.25) is 0 Å². The highest BCUT2D eigenvalue weighted by Crippen LogP contribution is 2.34. The summed E-state index contributed by atoms with van der Waals surface area (Å²) in [5.74, 6) is 0.0647. The van der Waals surface area contributed by atoms with Gasteiger partial charge in [0.25, 0.3) is 5.91 Å². The van der Waals surface area contributed by atoms with Crippen molar-refractivity contribution in [3.63, 3.8) is 0 Å². The van der Waals surface area contributed by atoms with Crippen LogP contribution in [0.15, 0.2) is 51.4 Å². The van der Waals surface area contributed by atoms with Crippen LogP contribution in [0.5, 0.6) is 5.75 Å². The molecule has 0 saturated carbocycles. The Hall–Kier alpha value is -1.37. The Morgan fingerprint density at radius 2 is 1.83 bits per heavy atom. The average Bonchev–Trinajstić information content (AvgIpc) is 2.52. The molecule has 0 aromatic heterocycles. The highest BCUT2D eigenvalue weighted by Gasteiger charge is 2.11. The molecule has 0 aliphatic heterocycles. The highest BCUT2D eigenvalue weighted by atomic mass is 79.9. The van der Waals surface area contributed by atoms with Crippen molar-refractivity contribution in [2.75, 3.05) is 6.61 Å². The Labute approximate surface area is 152 Å². The Balaban J connectivity index is 2.02. The quantitative estimate of drug-likeness (QED) is 0.684. The predicted molar refractivity (Wildman–Crippen MR) is 98.2 cm³/mol. The van der Waals surface area contributed by atoms with Gasteiger partial charge < -0.3 is 15.8 Å². The van der Waals surface area contributed by atoms with E-state index in [9.17, 15) is 4.79 Å². The third-order valence-electron chi connectivity index (χ3n) is 3.33. The van der Waals surface area contributed by atoms with Crippen molar-refractivity contribution in [3.05, 3.63) is 62.5 Å². The Morgan fingerprint density at radius 1 is 1.22 bits per heavy atom. The molecule has 4 nitrogen and oxygen atoms in total. The minimum atomic E-state index is -0.508. The standard InChI is InChI=1S/C17H18Br2N2O2/c1-11(13-5-3-2-4-6-13)21-9-12-7-14(18)17(15(19)8-12)23-10-16(20)22/h2-8,11,21H,9-10H2,1H3,(H2,20,22)/t11-/m0/s1. The number of nitrogens with one attached hydrogen (secondary N) is 1. The molecule has 0 radical (unpaired) electrons. The topological polar surface area (TPSA) is 64.3 Å². The second-order valence-electron chi connectivity index (χ2n) is 5.16. The molecule has 3 N–H and O–H groups in total.